The topological polar surface area (TPSA) is 40.6 Å². The maximum absolute atomic E-state index is 12.2. The number of rotatable bonds is 3. The van der Waals surface area contributed by atoms with E-state index in [1.54, 1.807) is 11.3 Å². The van der Waals surface area contributed by atoms with E-state index in [9.17, 15) is 9.59 Å². The summed E-state index contributed by atoms with van der Waals surface area (Å²) in [4.78, 5) is 29.0. The molecule has 0 unspecified atom stereocenters. The molecule has 2 heterocycles. The van der Waals surface area contributed by atoms with Crippen LogP contribution >= 0.6 is 27.3 Å². The van der Waals surface area contributed by atoms with Gasteiger partial charge in [-0.05, 0) is 40.9 Å². The Morgan fingerprint density at radius 1 is 1.15 bits per heavy atom. The van der Waals surface area contributed by atoms with Crippen molar-refractivity contribution < 1.29 is 9.59 Å². The molecule has 0 radical (unpaired) electrons. The van der Waals surface area contributed by atoms with Gasteiger partial charge in [-0.25, -0.2) is 0 Å². The fraction of sp³-hybridized carbons (Fsp3) is 0.571. The minimum Gasteiger partial charge on any atom is -0.339 e. The Bertz CT molecular complexity index is 519. The lowest BCUT2D eigenvalue weighted by molar-refractivity contribution is -0.139. The predicted octanol–water partition coefficient (Wildman–Crippen LogP) is 2.13. The molecular weight excluding hydrogens is 340 g/mol. The third-order valence-corrected chi connectivity index (χ3v) is 5.45. The largest absolute Gasteiger partial charge is 0.339 e. The molecule has 0 aromatic carbocycles. The van der Waals surface area contributed by atoms with E-state index in [1.807, 2.05) is 21.9 Å². The first-order chi connectivity index (χ1) is 9.63. The van der Waals surface area contributed by atoms with Gasteiger partial charge in [0.15, 0.2) is 0 Å². The van der Waals surface area contributed by atoms with Gasteiger partial charge in [0.05, 0.1) is 10.2 Å². The summed E-state index contributed by atoms with van der Waals surface area (Å²) < 4.78 is 1.06. The van der Waals surface area contributed by atoms with E-state index >= 15 is 0 Å². The molecule has 0 bridgehead atoms. The fourth-order valence-corrected chi connectivity index (χ4v) is 3.95. The van der Waals surface area contributed by atoms with E-state index in [4.69, 9.17) is 0 Å². The summed E-state index contributed by atoms with van der Waals surface area (Å²) in [5, 5.41) is 0. The van der Waals surface area contributed by atoms with Gasteiger partial charge >= 0.3 is 0 Å². The maximum Gasteiger partial charge on any atom is 0.227 e. The van der Waals surface area contributed by atoms with Crippen molar-refractivity contribution in [1.29, 1.82) is 0 Å². The summed E-state index contributed by atoms with van der Waals surface area (Å²) in [5.41, 5.74) is 0. The van der Waals surface area contributed by atoms with Crippen LogP contribution in [-0.2, 0) is 16.0 Å². The molecular formula is C14H17BrN2O2S. The number of nitrogens with zero attached hydrogens (tertiary/aromatic N) is 2. The standard InChI is InChI=1S/C14H17BrN2O2S/c15-12-4-3-11(20-12)9-13(18)16-5-7-17(8-6-16)14(19)10-1-2-10/h3-4,10H,1-2,5-9H2. The second kappa shape index (κ2) is 5.85. The van der Waals surface area contributed by atoms with Crippen molar-refractivity contribution in [3.63, 3.8) is 0 Å². The highest BCUT2D eigenvalue weighted by Crippen LogP contribution is 2.31. The first kappa shape index (κ1) is 14.1. The van der Waals surface area contributed by atoms with E-state index in [1.165, 1.54) is 0 Å². The van der Waals surface area contributed by atoms with Crippen molar-refractivity contribution in [2.75, 3.05) is 26.2 Å². The molecule has 1 saturated carbocycles. The number of piperazine rings is 1. The van der Waals surface area contributed by atoms with Gasteiger partial charge < -0.3 is 9.80 Å². The second-order valence-electron chi connectivity index (χ2n) is 5.36. The average molecular weight is 357 g/mol. The van der Waals surface area contributed by atoms with Crippen LogP contribution in [0.3, 0.4) is 0 Å². The SMILES string of the molecule is O=C(Cc1ccc(Br)s1)N1CCN(C(=O)C2CC2)CC1. The number of hydrogen-bond donors (Lipinski definition) is 0. The molecule has 0 N–H and O–H groups in total. The number of thiophene rings is 1. The van der Waals surface area contributed by atoms with Crippen molar-refractivity contribution in [2.24, 2.45) is 5.92 Å². The Balaban J connectivity index is 1.49. The summed E-state index contributed by atoms with van der Waals surface area (Å²) in [6.07, 6.45) is 2.56. The second-order valence-corrected chi connectivity index (χ2v) is 7.91. The van der Waals surface area contributed by atoms with Gasteiger partial charge in [0.2, 0.25) is 11.8 Å². The van der Waals surface area contributed by atoms with Gasteiger partial charge in [-0.1, -0.05) is 0 Å². The number of hydrogen-bond acceptors (Lipinski definition) is 3. The van der Waals surface area contributed by atoms with Crippen LogP contribution in [0.25, 0.3) is 0 Å². The normalized spacial score (nSPS) is 19.2. The lowest BCUT2D eigenvalue weighted by atomic mass is 10.2. The molecule has 2 amide bonds. The molecule has 1 aromatic rings. The Hall–Kier alpha value is -0.880. The van der Waals surface area contributed by atoms with Gasteiger partial charge in [0, 0.05) is 37.0 Å². The molecule has 1 aliphatic heterocycles. The van der Waals surface area contributed by atoms with Gasteiger partial charge in [-0.15, -0.1) is 11.3 Å². The molecule has 20 heavy (non-hydrogen) atoms. The smallest absolute Gasteiger partial charge is 0.227 e. The Labute approximate surface area is 130 Å². The first-order valence-corrected chi connectivity index (χ1v) is 8.55. The lowest BCUT2D eigenvalue weighted by Crippen LogP contribution is -2.51. The molecule has 2 fully saturated rings. The van der Waals surface area contributed by atoms with Crippen molar-refractivity contribution in [1.82, 2.24) is 9.80 Å². The first-order valence-electron chi connectivity index (χ1n) is 6.94. The highest BCUT2D eigenvalue weighted by atomic mass is 79.9. The average Bonchev–Trinajstić information content (AvgIpc) is 3.22. The van der Waals surface area contributed by atoms with Gasteiger partial charge in [-0.2, -0.15) is 0 Å². The molecule has 4 nitrogen and oxygen atoms in total. The van der Waals surface area contributed by atoms with Gasteiger partial charge in [0.25, 0.3) is 0 Å². The zero-order chi connectivity index (χ0) is 14.1. The number of carbonyl (C=O) groups is 2. The molecule has 1 aromatic heterocycles. The molecule has 108 valence electrons. The molecule has 1 saturated heterocycles. The molecule has 0 spiro atoms. The summed E-state index contributed by atoms with van der Waals surface area (Å²) >= 11 is 5.01. The van der Waals surface area contributed by atoms with Crippen LogP contribution in [0.1, 0.15) is 17.7 Å². The molecule has 6 heteroatoms. The van der Waals surface area contributed by atoms with E-state index in [2.05, 4.69) is 15.9 Å². The van der Waals surface area contributed by atoms with Crippen molar-refractivity contribution in [3.05, 3.63) is 20.8 Å². The van der Waals surface area contributed by atoms with Crippen LogP contribution in [0, 0.1) is 5.92 Å². The minimum absolute atomic E-state index is 0.165. The van der Waals surface area contributed by atoms with Crippen LogP contribution < -0.4 is 0 Å². The number of carbonyl (C=O) groups excluding carboxylic acids is 2. The lowest BCUT2D eigenvalue weighted by Gasteiger charge is -2.35. The van der Waals surface area contributed by atoms with Crippen LogP contribution in [-0.4, -0.2) is 47.8 Å². The van der Waals surface area contributed by atoms with Crippen LogP contribution in [0.4, 0.5) is 0 Å². The van der Waals surface area contributed by atoms with Crippen molar-refractivity contribution in [3.8, 4) is 0 Å². The van der Waals surface area contributed by atoms with Crippen LogP contribution in [0.2, 0.25) is 0 Å². The van der Waals surface area contributed by atoms with Crippen molar-refractivity contribution >= 4 is 39.1 Å². The van der Waals surface area contributed by atoms with Gasteiger partial charge in [-0.3, -0.25) is 9.59 Å². The zero-order valence-corrected chi connectivity index (χ0v) is 13.6. The van der Waals surface area contributed by atoms with Crippen LogP contribution in [0.15, 0.2) is 15.9 Å². The third-order valence-electron chi connectivity index (χ3n) is 3.82. The molecule has 1 aliphatic carbocycles. The van der Waals surface area contributed by atoms with E-state index in [0.717, 1.165) is 21.5 Å². The highest BCUT2D eigenvalue weighted by Gasteiger charge is 2.35. The summed E-state index contributed by atoms with van der Waals surface area (Å²) in [7, 11) is 0. The molecule has 0 atom stereocenters. The van der Waals surface area contributed by atoms with Gasteiger partial charge in [0.1, 0.15) is 0 Å². The fourth-order valence-electron chi connectivity index (χ4n) is 2.47. The highest BCUT2D eigenvalue weighted by molar-refractivity contribution is 9.11. The quantitative estimate of drug-likeness (QED) is 0.832. The van der Waals surface area contributed by atoms with Crippen LogP contribution in [0.5, 0.6) is 0 Å². The number of halogens is 1. The van der Waals surface area contributed by atoms with E-state index in [0.29, 0.717) is 38.5 Å². The predicted molar refractivity (Wildman–Crippen MR) is 81.6 cm³/mol. The van der Waals surface area contributed by atoms with E-state index < -0.39 is 0 Å². The zero-order valence-electron chi connectivity index (χ0n) is 11.2. The minimum atomic E-state index is 0.165. The van der Waals surface area contributed by atoms with Crippen molar-refractivity contribution in [2.45, 2.75) is 19.3 Å². The Morgan fingerprint density at radius 3 is 2.35 bits per heavy atom. The van der Waals surface area contributed by atoms with E-state index in [-0.39, 0.29) is 11.8 Å². The Kier molecular flexibility index (Phi) is 4.12. The summed E-state index contributed by atoms with van der Waals surface area (Å²) in [5.74, 6) is 0.734. The monoisotopic (exact) mass is 356 g/mol. The third kappa shape index (κ3) is 3.23. The summed E-state index contributed by atoms with van der Waals surface area (Å²) in [6, 6.07) is 3.96. The summed E-state index contributed by atoms with van der Waals surface area (Å²) in [6.45, 7) is 2.72. The Morgan fingerprint density at radius 2 is 1.80 bits per heavy atom. The maximum atomic E-state index is 12.2. The molecule has 3 rings (SSSR count). The number of amides is 2. The molecule has 2 aliphatic rings.